The molecule has 0 radical (unpaired) electrons. The molecule has 2 heterocycles. The molecule has 2 aromatic carbocycles. The molecular weight excluding hydrogens is 342 g/mol. The third kappa shape index (κ3) is 3.79. The first-order chi connectivity index (χ1) is 13.2. The molecule has 0 bridgehead atoms. The van der Waals surface area contributed by atoms with Gasteiger partial charge in [-0.05, 0) is 0 Å². The van der Waals surface area contributed by atoms with Gasteiger partial charge in [0.05, 0.1) is 5.92 Å². The number of carbonyl (C=O) groups is 2. The van der Waals surface area contributed by atoms with Crippen LogP contribution in [0.5, 0.6) is 0 Å². The minimum Gasteiger partial charge on any atom is -0.341 e. The maximum atomic E-state index is 12.3. The van der Waals surface area contributed by atoms with Gasteiger partial charge in [-0.3, -0.25) is 9.59 Å². The van der Waals surface area contributed by atoms with Gasteiger partial charge in [-0.15, -0.1) is 0 Å². The number of hydrogen-bond donors (Lipinski definition) is 0. The molecule has 0 spiro atoms. The second kappa shape index (κ2) is 7.53. The van der Waals surface area contributed by atoms with Gasteiger partial charge >= 0.3 is 0 Å². The van der Waals surface area contributed by atoms with Gasteiger partial charge in [-0.2, -0.15) is 4.98 Å². The van der Waals surface area contributed by atoms with Crippen molar-refractivity contribution in [3.05, 3.63) is 72.1 Å². The summed E-state index contributed by atoms with van der Waals surface area (Å²) >= 11 is 0. The van der Waals surface area contributed by atoms with Gasteiger partial charge in [-0.1, -0.05) is 65.8 Å². The highest BCUT2D eigenvalue weighted by Gasteiger charge is 2.35. The lowest BCUT2D eigenvalue weighted by atomic mass is 9.98. The Morgan fingerprint density at radius 3 is 2.33 bits per heavy atom. The van der Waals surface area contributed by atoms with Crippen LogP contribution in [0, 0.1) is 0 Å². The number of Topliss-reactive ketones (excluding diaryl/α,β-unsaturated/α-hetero) is 1. The molecule has 0 aliphatic carbocycles. The van der Waals surface area contributed by atoms with Crippen LogP contribution in [0.1, 0.15) is 35.0 Å². The number of rotatable bonds is 6. The Balaban J connectivity index is 1.27. The minimum atomic E-state index is -0.0154. The first kappa shape index (κ1) is 17.1. The largest absolute Gasteiger partial charge is 0.341 e. The van der Waals surface area contributed by atoms with Crippen molar-refractivity contribution < 1.29 is 14.1 Å². The topological polar surface area (TPSA) is 76.3 Å². The fourth-order valence-corrected chi connectivity index (χ4v) is 3.09. The average molecular weight is 361 g/mol. The SMILES string of the molecule is O=C(CCC(=O)N1CC(c2nc(-c3ccccc3)no2)C1)c1ccccc1. The molecule has 1 aliphatic heterocycles. The molecule has 1 saturated heterocycles. The van der Waals surface area contributed by atoms with Crippen molar-refractivity contribution in [3.63, 3.8) is 0 Å². The van der Waals surface area contributed by atoms with Crippen LogP contribution in [0.2, 0.25) is 0 Å². The van der Waals surface area contributed by atoms with E-state index in [1.165, 1.54) is 0 Å². The van der Waals surface area contributed by atoms with Crippen LogP contribution in [0.25, 0.3) is 11.4 Å². The molecule has 4 rings (SSSR count). The lowest BCUT2D eigenvalue weighted by Crippen LogP contribution is -2.48. The smallest absolute Gasteiger partial charge is 0.233 e. The fraction of sp³-hybridized carbons (Fsp3) is 0.238. The van der Waals surface area contributed by atoms with Crippen molar-refractivity contribution in [1.29, 1.82) is 0 Å². The quantitative estimate of drug-likeness (QED) is 0.630. The maximum Gasteiger partial charge on any atom is 0.233 e. The molecule has 27 heavy (non-hydrogen) atoms. The summed E-state index contributed by atoms with van der Waals surface area (Å²) in [6, 6.07) is 18.7. The maximum absolute atomic E-state index is 12.3. The van der Waals surface area contributed by atoms with Gasteiger partial charge in [0.1, 0.15) is 0 Å². The van der Waals surface area contributed by atoms with E-state index < -0.39 is 0 Å². The molecular formula is C21H19N3O3. The normalized spacial score (nSPS) is 14.0. The number of nitrogens with zero attached hydrogens (tertiary/aromatic N) is 3. The number of hydrogen-bond acceptors (Lipinski definition) is 5. The Bertz CT molecular complexity index is 932. The second-order valence-electron chi connectivity index (χ2n) is 6.61. The monoisotopic (exact) mass is 361 g/mol. The van der Waals surface area contributed by atoms with Crippen molar-refractivity contribution in [1.82, 2.24) is 15.0 Å². The van der Waals surface area contributed by atoms with Gasteiger partial charge in [-0.25, -0.2) is 0 Å². The third-order valence-electron chi connectivity index (χ3n) is 4.72. The van der Waals surface area contributed by atoms with Crippen LogP contribution in [0.3, 0.4) is 0 Å². The molecule has 1 aliphatic rings. The molecule has 0 saturated carbocycles. The van der Waals surface area contributed by atoms with E-state index in [1.54, 1.807) is 17.0 Å². The highest BCUT2D eigenvalue weighted by Crippen LogP contribution is 2.28. The van der Waals surface area contributed by atoms with Crippen LogP contribution >= 0.6 is 0 Å². The number of ketones is 1. The summed E-state index contributed by atoms with van der Waals surface area (Å²) < 4.78 is 5.35. The zero-order valence-electron chi connectivity index (χ0n) is 14.7. The van der Waals surface area contributed by atoms with Crippen molar-refractivity contribution in [2.24, 2.45) is 0 Å². The first-order valence-corrected chi connectivity index (χ1v) is 8.96. The van der Waals surface area contributed by atoms with Crippen LogP contribution in [-0.2, 0) is 4.79 Å². The molecule has 0 atom stereocenters. The van der Waals surface area contributed by atoms with Crippen LogP contribution in [-0.4, -0.2) is 39.8 Å². The van der Waals surface area contributed by atoms with Crippen molar-refractivity contribution >= 4 is 11.7 Å². The van der Waals surface area contributed by atoms with E-state index in [0.717, 1.165) is 5.56 Å². The van der Waals surface area contributed by atoms with Gasteiger partial charge < -0.3 is 9.42 Å². The first-order valence-electron chi connectivity index (χ1n) is 8.96. The predicted molar refractivity (Wildman–Crippen MR) is 99.1 cm³/mol. The molecule has 6 heteroatoms. The molecule has 1 aromatic heterocycles. The Labute approximate surface area is 156 Å². The van der Waals surface area contributed by atoms with Crippen molar-refractivity contribution in [2.75, 3.05) is 13.1 Å². The number of benzene rings is 2. The second-order valence-corrected chi connectivity index (χ2v) is 6.61. The van der Waals surface area contributed by atoms with E-state index in [2.05, 4.69) is 10.1 Å². The molecule has 3 aromatic rings. The Kier molecular flexibility index (Phi) is 4.78. The molecule has 0 N–H and O–H groups in total. The van der Waals surface area contributed by atoms with Crippen molar-refractivity contribution in [2.45, 2.75) is 18.8 Å². The Hall–Kier alpha value is -3.28. The van der Waals surface area contributed by atoms with Gasteiger partial charge in [0.15, 0.2) is 5.78 Å². The zero-order valence-corrected chi connectivity index (χ0v) is 14.7. The summed E-state index contributed by atoms with van der Waals surface area (Å²) in [4.78, 5) is 30.5. The average Bonchev–Trinajstić information content (AvgIpc) is 3.16. The number of aromatic nitrogens is 2. The summed E-state index contributed by atoms with van der Waals surface area (Å²) in [5, 5.41) is 4.02. The highest BCUT2D eigenvalue weighted by molar-refractivity contribution is 5.97. The number of carbonyl (C=O) groups excluding carboxylic acids is 2. The van der Waals surface area contributed by atoms with Gasteiger partial charge in [0.2, 0.25) is 17.6 Å². The Morgan fingerprint density at radius 2 is 1.63 bits per heavy atom. The lowest BCUT2D eigenvalue weighted by molar-refractivity contribution is -0.135. The number of amides is 1. The summed E-state index contributed by atoms with van der Waals surface area (Å²) in [6.07, 6.45) is 0.447. The van der Waals surface area contributed by atoms with Crippen molar-refractivity contribution in [3.8, 4) is 11.4 Å². The summed E-state index contributed by atoms with van der Waals surface area (Å²) in [5.74, 6) is 1.15. The summed E-state index contributed by atoms with van der Waals surface area (Å²) in [6.45, 7) is 1.10. The highest BCUT2D eigenvalue weighted by atomic mass is 16.5. The van der Waals surface area contributed by atoms with Crippen LogP contribution in [0.4, 0.5) is 0 Å². The molecule has 136 valence electrons. The van der Waals surface area contributed by atoms with E-state index in [9.17, 15) is 9.59 Å². The van der Waals surface area contributed by atoms with Crippen LogP contribution < -0.4 is 0 Å². The molecule has 1 fully saturated rings. The van der Waals surface area contributed by atoms with E-state index in [-0.39, 0.29) is 30.4 Å². The third-order valence-corrected chi connectivity index (χ3v) is 4.72. The standard InChI is InChI=1S/C21H19N3O3/c25-18(15-7-3-1-4-8-15)11-12-19(26)24-13-17(14-24)21-22-20(23-27-21)16-9-5-2-6-10-16/h1-10,17H,11-14H2. The lowest BCUT2D eigenvalue weighted by Gasteiger charge is -2.37. The van der Waals surface area contributed by atoms with Gasteiger partial charge in [0, 0.05) is 37.1 Å². The molecule has 6 nitrogen and oxygen atoms in total. The zero-order chi connectivity index (χ0) is 18.6. The van der Waals surface area contributed by atoms with Crippen LogP contribution in [0.15, 0.2) is 65.2 Å². The van der Waals surface area contributed by atoms with Gasteiger partial charge in [0.25, 0.3) is 0 Å². The number of likely N-dealkylation sites (tertiary alicyclic amines) is 1. The minimum absolute atomic E-state index is 0.00886. The van der Waals surface area contributed by atoms with E-state index in [1.807, 2.05) is 48.5 Å². The molecule has 0 unspecified atom stereocenters. The summed E-state index contributed by atoms with van der Waals surface area (Å²) in [5.41, 5.74) is 1.55. The van der Waals surface area contributed by atoms with E-state index in [0.29, 0.717) is 30.4 Å². The predicted octanol–water partition coefficient (Wildman–Crippen LogP) is 3.33. The molecule has 1 amide bonds. The summed E-state index contributed by atoms with van der Waals surface area (Å²) in [7, 11) is 0. The van der Waals surface area contributed by atoms with E-state index >= 15 is 0 Å². The Morgan fingerprint density at radius 1 is 0.963 bits per heavy atom. The van der Waals surface area contributed by atoms with E-state index in [4.69, 9.17) is 4.52 Å². The fourth-order valence-electron chi connectivity index (χ4n) is 3.09.